The SMILES string of the molecule is O=C1N[C@@H]2C(=C[C@H](O)[C@H]3OP(=O)([O-])O[C@H]32)c2cc3c(c([O-])c21)OCO3.[Mg+2]. The molecule has 0 spiro atoms. The number of hydrogen-bond acceptors (Lipinski definition) is 9. The van der Waals surface area contributed by atoms with E-state index in [2.05, 4.69) is 5.32 Å². The van der Waals surface area contributed by atoms with Crippen LogP contribution < -0.4 is 24.8 Å². The van der Waals surface area contributed by atoms with E-state index in [9.17, 15) is 24.5 Å². The van der Waals surface area contributed by atoms with Crippen molar-refractivity contribution in [2.75, 3.05) is 6.79 Å². The van der Waals surface area contributed by atoms with Crippen molar-refractivity contribution < 1.29 is 43.0 Å². The molecule has 0 bridgehead atoms. The summed E-state index contributed by atoms with van der Waals surface area (Å²) in [7, 11) is -4.58. The first-order valence-corrected chi connectivity index (χ1v) is 8.84. The van der Waals surface area contributed by atoms with Crippen LogP contribution in [0.3, 0.4) is 0 Å². The summed E-state index contributed by atoms with van der Waals surface area (Å²) in [4.78, 5) is 24.1. The van der Waals surface area contributed by atoms with Crippen molar-refractivity contribution in [3.05, 3.63) is 23.3 Å². The molecule has 0 aromatic heterocycles. The Bertz CT molecular complexity index is 903. The molecule has 0 radical (unpaired) electrons. The normalized spacial score (nSPS) is 36.2. The van der Waals surface area contributed by atoms with Gasteiger partial charge in [0.2, 0.25) is 6.79 Å². The van der Waals surface area contributed by atoms with Gasteiger partial charge in [-0.1, -0.05) is 0 Å². The first-order chi connectivity index (χ1) is 11.9. The molecule has 1 aromatic carbocycles. The van der Waals surface area contributed by atoms with Gasteiger partial charge in [0.1, 0.15) is 18.3 Å². The van der Waals surface area contributed by atoms with E-state index < -0.39 is 43.8 Å². The average molecular weight is 392 g/mol. The van der Waals surface area contributed by atoms with Gasteiger partial charge in [-0.15, -0.1) is 0 Å². The fraction of sp³-hybridized carbons (Fsp3) is 0.357. The summed E-state index contributed by atoms with van der Waals surface area (Å²) in [6, 6.07) is 0.578. The van der Waals surface area contributed by atoms with Gasteiger partial charge in [-0.2, -0.15) is 0 Å². The topological polar surface area (TPSA) is 149 Å². The fourth-order valence-corrected chi connectivity index (χ4v) is 4.74. The molecule has 1 aliphatic carbocycles. The Hall–Kier alpha value is -1.33. The van der Waals surface area contributed by atoms with Gasteiger partial charge in [0.25, 0.3) is 13.7 Å². The van der Waals surface area contributed by atoms with Gasteiger partial charge in [0.15, 0.2) is 11.5 Å². The van der Waals surface area contributed by atoms with Gasteiger partial charge < -0.3 is 38.9 Å². The van der Waals surface area contributed by atoms with Crippen LogP contribution in [-0.2, 0) is 13.6 Å². The van der Waals surface area contributed by atoms with Crippen LogP contribution in [0.25, 0.3) is 5.57 Å². The summed E-state index contributed by atoms with van der Waals surface area (Å²) in [5, 5.41) is 25.3. The molecule has 4 aliphatic rings. The van der Waals surface area contributed by atoms with Crippen LogP contribution in [0.2, 0.25) is 0 Å². The third-order valence-corrected chi connectivity index (χ3v) is 5.62. The summed E-state index contributed by atoms with van der Waals surface area (Å²) in [6.45, 7) is -0.138. The Morgan fingerprint density at radius 1 is 1.27 bits per heavy atom. The van der Waals surface area contributed by atoms with Crippen LogP contribution in [0.5, 0.6) is 17.2 Å². The molecular weight excluding hydrogens is 381 g/mol. The number of aliphatic hydroxyl groups is 1. The summed E-state index contributed by atoms with van der Waals surface area (Å²) in [6.07, 6.45) is -2.24. The second kappa shape index (κ2) is 5.83. The van der Waals surface area contributed by atoms with E-state index in [-0.39, 0.29) is 52.5 Å². The van der Waals surface area contributed by atoms with E-state index in [0.717, 1.165) is 0 Å². The Morgan fingerprint density at radius 2 is 2.00 bits per heavy atom. The standard InChI is InChI=1S/C14H12NO9P.Mg/c16-6-1-5-4-2-7-12(22-3-21-7)10(17)8(4)14(18)15-9(5)13-11(6)23-25(19,20)24-13;/h1-2,6,9,11,13,16-17H,3H2,(H,15,18)(H,19,20);/q;+2/p-2/t6-,9+,11+,13-;/m0./s1. The summed E-state index contributed by atoms with van der Waals surface area (Å²) in [5.41, 5.74) is 0.461. The van der Waals surface area contributed by atoms with Crippen molar-refractivity contribution >= 4 is 42.4 Å². The maximum atomic E-state index is 12.5. The number of fused-ring (bicyclic) bond motifs is 6. The average Bonchev–Trinajstić information content (AvgIpc) is 3.12. The third-order valence-electron chi connectivity index (χ3n) is 4.62. The minimum absolute atomic E-state index is 0. The van der Waals surface area contributed by atoms with E-state index in [1.54, 1.807) is 0 Å². The van der Waals surface area contributed by atoms with Crippen LogP contribution in [0, 0.1) is 0 Å². The van der Waals surface area contributed by atoms with Crippen molar-refractivity contribution in [2.45, 2.75) is 24.4 Å². The van der Waals surface area contributed by atoms with Crippen LogP contribution in [0.4, 0.5) is 0 Å². The number of nitrogens with one attached hydrogen (secondary N) is 1. The van der Waals surface area contributed by atoms with Gasteiger partial charge in [0, 0.05) is 5.56 Å². The number of carbonyl (C=O) groups is 1. The molecule has 26 heavy (non-hydrogen) atoms. The number of rotatable bonds is 0. The molecule has 1 fully saturated rings. The zero-order valence-electron chi connectivity index (χ0n) is 13.0. The number of phosphoric acid groups is 1. The molecular formula is C14H10MgNO9P. The molecule has 132 valence electrons. The molecule has 1 amide bonds. The van der Waals surface area contributed by atoms with Gasteiger partial charge >= 0.3 is 23.1 Å². The fourth-order valence-electron chi connectivity index (χ4n) is 3.61. The largest absolute Gasteiger partial charge is 2.00 e. The van der Waals surface area contributed by atoms with E-state index in [0.29, 0.717) is 5.57 Å². The first kappa shape index (κ1) is 18.0. The van der Waals surface area contributed by atoms with Crippen LogP contribution in [0.1, 0.15) is 15.9 Å². The Balaban J connectivity index is 0.00000168. The predicted octanol–water partition coefficient (Wildman–Crippen LogP) is -1.77. The molecule has 3 aliphatic heterocycles. The molecule has 12 heteroatoms. The number of carbonyl (C=O) groups excluding carboxylic acids is 1. The molecule has 5 rings (SSSR count). The van der Waals surface area contributed by atoms with Gasteiger partial charge in [0.05, 0.1) is 6.04 Å². The summed E-state index contributed by atoms with van der Waals surface area (Å²) in [5.74, 6) is -1.18. The van der Waals surface area contributed by atoms with Crippen molar-refractivity contribution in [2.24, 2.45) is 0 Å². The monoisotopic (exact) mass is 391 g/mol. The van der Waals surface area contributed by atoms with Crippen LogP contribution in [0.15, 0.2) is 12.1 Å². The Labute approximate surface area is 162 Å². The number of amides is 1. The minimum atomic E-state index is -4.58. The van der Waals surface area contributed by atoms with Crippen molar-refractivity contribution in [1.82, 2.24) is 5.32 Å². The maximum absolute atomic E-state index is 12.5. The summed E-state index contributed by atoms with van der Waals surface area (Å²) >= 11 is 0. The Morgan fingerprint density at radius 3 is 2.77 bits per heavy atom. The zero-order chi connectivity index (χ0) is 17.5. The molecule has 5 atom stereocenters. The molecule has 1 aromatic rings. The van der Waals surface area contributed by atoms with E-state index in [1.807, 2.05) is 0 Å². The molecule has 0 saturated carbocycles. The van der Waals surface area contributed by atoms with Crippen molar-refractivity contribution in [3.8, 4) is 17.2 Å². The van der Waals surface area contributed by atoms with Gasteiger partial charge in [-0.05, 0) is 29.0 Å². The molecule has 10 nitrogen and oxygen atoms in total. The smallest absolute Gasteiger partial charge is 0.869 e. The van der Waals surface area contributed by atoms with E-state index in [4.69, 9.17) is 18.5 Å². The number of phosphoric ester groups is 1. The number of hydrogen-bond donors (Lipinski definition) is 2. The number of benzene rings is 1. The van der Waals surface area contributed by atoms with Crippen molar-refractivity contribution in [1.29, 1.82) is 0 Å². The molecule has 3 heterocycles. The second-order valence-electron chi connectivity index (χ2n) is 6.01. The van der Waals surface area contributed by atoms with Crippen LogP contribution in [-0.4, -0.2) is 65.2 Å². The number of aliphatic hydroxyl groups excluding tert-OH is 1. The molecule has 1 saturated heterocycles. The quantitative estimate of drug-likeness (QED) is 0.387. The van der Waals surface area contributed by atoms with E-state index in [1.165, 1.54) is 12.1 Å². The first-order valence-electron chi connectivity index (χ1n) is 7.38. The van der Waals surface area contributed by atoms with Gasteiger partial charge in [-0.3, -0.25) is 9.36 Å². The molecule has 2 N–H and O–H groups in total. The second-order valence-corrected chi connectivity index (χ2v) is 7.33. The Kier molecular flexibility index (Phi) is 4.05. The third kappa shape index (κ3) is 2.39. The van der Waals surface area contributed by atoms with Crippen molar-refractivity contribution in [3.63, 3.8) is 0 Å². The zero-order valence-corrected chi connectivity index (χ0v) is 15.3. The summed E-state index contributed by atoms with van der Waals surface area (Å²) < 4.78 is 31.6. The molecule has 1 unspecified atom stereocenters. The predicted molar refractivity (Wildman–Crippen MR) is 80.4 cm³/mol. The minimum Gasteiger partial charge on any atom is -0.869 e. The van der Waals surface area contributed by atoms with E-state index >= 15 is 0 Å². The van der Waals surface area contributed by atoms with Gasteiger partial charge in [-0.25, -0.2) is 0 Å². The maximum Gasteiger partial charge on any atom is 2.00 e. The number of ether oxygens (including phenoxy) is 2. The van der Waals surface area contributed by atoms with Crippen LogP contribution >= 0.6 is 7.82 Å².